The minimum Gasteiger partial charge on any atom is -0.397 e. The van der Waals surface area contributed by atoms with Crippen LogP contribution in [0.5, 0.6) is 0 Å². The summed E-state index contributed by atoms with van der Waals surface area (Å²) in [4.78, 5) is 1.13. The lowest BCUT2D eigenvalue weighted by Gasteiger charge is -2.17. The fourth-order valence-electron chi connectivity index (χ4n) is 1.94. The lowest BCUT2D eigenvalue weighted by Crippen LogP contribution is -2.07. The molecule has 0 unspecified atom stereocenters. The first-order chi connectivity index (χ1) is 9.17. The number of hydrogen-bond acceptors (Lipinski definition) is 3. The number of anilines is 1. The highest BCUT2D eigenvalue weighted by Gasteiger charge is 2.17. The summed E-state index contributed by atoms with van der Waals surface area (Å²) in [5.74, 6) is 0. The maximum atomic E-state index is 9.23. The van der Waals surface area contributed by atoms with Gasteiger partial charge in [0.05, 0.1) is 5.69 Å². The molecule has 0 amide bonds. The minimum atomic E-state index is 0.262. The first kappa shape index (κ1) is 13.6. The molecule has 4 heteroatoms. The van der Waals surface area contributed by atoms with Gasteiger partial charge in [-0.3, -0.25) is 0 Å². The van der Waals surface area contributed by atoms with Crippen LogP contribution in [0.15, 0.2) is 46.3 Å². The average molecular weight is 271 g/mol. The Balaban J connectivity index is 2.45. The maximum Gasteiger partial charge on any atom is 0.123 e. The molecule has 2 rings (SSSR count). The van der Waals surface area contributed by atoms with E-state index < -0.39 is 0 Å². The Bertz CT molecular complexity index is 596. The van der Waals surface area contributed by atoms with Crippen molar-refractivity contribution in [2.45, 2.75) is 36.2 Å². The summed E-state index contributed by atoms with van der Waals surface area (Å²) in [7, 11) is 0. The lowest BCUT2D eigenvalue weighted by atomic mass is 10.2. The molecule has 1 heterocycles. The van der Waals surface area contributed by atoms with Gasteiger partial charge in [0.2, 0.25) is 0 Å². The molecule has 0 aliphatic rings. The lowest BCUT2D eigenvalue weighted by molar-refractivity contribution is 0.497. The van der Waals surface area contributed by atoms with Crippen molar-refractivity contribution < 1.29 is 0 Å². The molecule has 1 aromatic carbocycles. The molecule has 0 spiro atoms. The maximum absolute atomic E-state index is 9.23. The van der Waals surface area contributed by atoms with Crippen molar-refractivity contribution in [1.29, 1.82) is 5.26 Å². The predicted molar refractivity (Wildman–Crippen MR) is 79.1 cm³/mol. The van der Waals surface area contributed by atoms with Crippen LogP contribution in [0.3, 0.4) is 0 Å². The molecule has 0 radical (unpaired) electrons. The van der Waals surface area contributed by atoms with Crippen molar-refractivity contribution in [3.8, 4) is 6.07 Å². The summed E-state index contributed by atoms with van der Waals surface area (Å²) in [6.45, 7) is 4.22. The fourth-order valence-corrected chi connectivity index (χ4v) is 3.01. The third-order valence-corrected chi connectivity index (χ3v) is 4.25. The van der Waals surface area contributed by atoms with Gasteiger partial charge in [-0.25, -0.2) is 0 Å². The molecule has 0 saturated heterocycles. The van der Waals surface area contributed by atoms with Crippen molar-refractivity contribution in [1.82, 2.24) is 4.57 Å². The number of nitrogen functional groups attached to an aromatic ring is 1. The van der Waals surface area contributed by atoms with Gasteiger partial charge in [0, 0.05) is 10.9 Å². The second-order valence-electron chi connectivity index (χ2n) is 4.44. The standard InChI is InChI=1S/C15H17N3S/c1-3-11(2)18-12(10-16)9-14(17)15(18)19-13-7-5-4-6-8-13/h4-9,11H,3,17H2,1-2H3/t11-/m1/s1. The predicted octanol–water partition coefficient (Wildman–Crippen LogP) is 4.06. The Labute approximate surface area is 118 Å². The molecule has 3 nitrogen and oxygen atoms in total. The average Bonchev–Trinajstić information content (AvgIpc) is 2.76. The molecular weight excluding hydrogens is 254 g/mol. The van der Waals surface area contributed by atoms with Crippen molar-refractivity contribution in [2.75, 3.05) is 5.73 Å². The number of nitrogens with zero attached hydrogens (tertiary/aromatic N) is 2. The largest absolute Gasteiger partial charge is 0.397 e. The highest BCUT2D eigenvalue weighted by Crippen LogP contribution is 2.37. The van der Waals surface area contributed by atoms with Crippen LogP contribution < -0.4 is 5.73 Å². The topological polar surface area (TPSA) is 54.7 Å². The summed E-state index contributed by atoms with van der Waals surface area (Å²) in [6, 6.07) is 14.3. The van der Waals surface area contributed by atoms with Gasteiger partial charge in [0.25, 0.3) is 0 Å². The molecule has 0 aliphatic heterocycles. The Morgan fingerprint density at radius 3 is 2.63 bits per heavy atom. The number of hydrogen-bond donors (Lipinski definition) is 1. The van der Waals surface area contributed by atoms with E-state index in [9.17, 15) is 5.26 Å². The first-order valence-corrected chi connectivity index (χ1v) is 7.12. The zero-order valence-corrected chi connectivity index (χ0v) is 11.9. The van der Waals surface area contributed by atoms with Crippen molar-refractivity contribution in [3.05, 3.63) is 42.1 Å². The van der Waals surface area contributed by atoms with Gasteiger partial charge in [-0.15, -0.1) is 0 Å². The van der Waals surface area contributed by atoms with Gasteiger partial charge in [0.15, 0.2) is 0 Å². The van der Waals surface area contributed by atoms with E-state index >= 15 is 0 Å². The van der Waals surface area contributed by atoms with Gasteiger partial charge in [-0.05, 0) is 31.5 Å². The molecule has 2 aromatic rings. The highest BCUT2D eigenvalue weighted by atomic mass is 32.2. The smallest absolute Gasteiger partial charge is 0.123 e. The summed E-state index contributed by atoms with van der Waals surface area (Å²) in [5.41, 5.74) is 7.37. The monoisotopic (exact) mass is 271 g/mol. The van der Waals surface area contributed by atoms with E-state index in [0.29, 0.717) is 11.4 Å². The van der Waals surface area contributed by atoms with Gasteiger partial charge in [-0.1, -0.05) is 36.9 Å². The summed E-state index contributed by atoms with van der Waals surface area (Å²) < 4.78 is 2.03. The van der Waals surface area contributed by atoms with E-state index in [2.05, 4.69) is 19.9 Å². The van der Waals surface area contributed by atoms with E-state index in [1.54, 1.807) is 17.8 Å². The zero-order valence-electron chi connectivity index (χ0n) is 11.1. The van der Waals surface area contributed by atoms with E-state index in [1.165, 1.54) is 0 Å². The molecule has 98 valence electrons. The van der Waals surface area contributed by atoms with Crippen LogP contribution in [-0.4, -0.2) is 4.57 Å². The van der Waals surface area contributed by atoms with Crippen LogP contribution in [0.4, 0.5) is 5.69 Å². The van der Waals surface area contributed by atoms with Crippen molar-refractivity contribution in [3.63, 3.8) is 0 Å². The highest BCUT2D eigenvalue weighted by molar-refractivity contribution is 7.99. The Kier molecular flexibility index (Phi) is 4.18. The third-order valence-electron chi connectivity index (χ3n) is 3.12. The van der Waals surface area contributed by atoms with E-state index in [4.69, 9.17) is 5.73 Å². The molecule has 1 aromatic heterocycles. The van der Waals surface area contributed by atoms with Crippen LogP contribution in [0.2, 0.25) is 0 Å². The van der Waals surface area contributed by atoms with E-state index in [1.807, 2.05) is 34.9 Å². The van der Waals surface area contributed by atoms with E-state index in [-0.39, 0.29) is 6.04 Å². The Hall–Kier alpha value is -1.86. The van der Waals surface area contributed by atoms with Crippen LogP contribution in [0, 0.1) is 11.3 Å². The number of nitriles is 1. The molecule has 1 atom stereocenters. The normalized spacial score (nSPS) is 12.1. The summed E-state index contributed by atoms with van der Waals surface area (Å²) in [6.07, 6.45) is 0.963. The molecule has 0 fully saturated rings. The van der Waals surface area contributed by atoms with Crippen LogP contribution in [-0.2, 0) is 0 Å². The van der Waals surface area contributed by atoms with Crippen molar-refractivity contribution in [2.24, 2.45) is 0 Å². The number of benzene rings is 1. The zero-order chi connectivity index (χ0) is 13.8. The van der Waals surface area contributed by atoms with Gasteiger partial charge in [0.1, 0.15) is 16.8 Å². The molecule has 0 aliphatic carbocycles. The number of aromatic nitrogens is 1. The van der Waals surface area contributed by atoms with Gasteiger partial charge < -0.3 is 10.3 Å². The minimum absolute atomic E-state index is 0.262. The molecule has 19 heavy (non-hydrogen) atoms. The molecule has 2 N–H and O–H groups in total. The van der Waals surface area contributed by atoms with Crippen molar-refractivity contribution >= 4 is 17.4 Å². The van der Waals surface area contributed by atoms with Gasteiger partial charge >= 0.3 is 0 Å². The second-order valence-corrected chi connectivity index (χ2v) is 5.51. The molecular formula is C15H17N3S. The Morgan fingerprint density at radius 2 is 2.05 bits per heavy atom. The third kappa shape index (κ3) is 2.77. The Morgan fingerprint density at radius 1 is 1.37 bits per heavy atom. The first-order valence-electron chi connectivity index (χ1n) is 6.31. The second kappa shape index (κ2) is 5.85. The quantitative estimate of drug-likeness (QED) is 0.912. The van der Waals surface area contributed by atoms with Crippen LogP contribution in [0.1, 0.15) is 32.0 Å². The summed E-state index contributed by atoms with van der Waals surface area (Å²) >= 11 is 1.61. The molecule has 0 saturated carbocycles. The van der Waals surface area contributed by atoms with Crippen LogP contribution >= 0.6 is 11.8 Å². The van der Waals surface area contributed by atoms with E-state index in [0.717, 1.165) is 16.3 Å². The molecule has 0 bridgehead atoms. The SMILES string of the molecule is CC[C@@H](C)n1c(C#N)cc(N)c1Sc1ccccc1. The fraction of sp³-hybridized carbons (Fsp3) is 0.267. The van der Waals surface area contributed by atoms with Crippen LogP contribution in [0.25, 0.3) is 0 Å². The number of nitrogens with two attached hydrogens (primary N) is 1. The van der Waals surface area contributed by atoms with Gasteiger partial charge in [-0.2, -0.15) is 5.26 Å². The summed E-state index contributed by atoms with van der Waals surface area (Å²) in [5, 5.41) is 10.2. The number of rotatable bonds is 4.